The Morgan fingerprint density at radius 3 is 2.77 bits per heavy atom. The first-order chi connectivity index (χ1) is 6.07. The fourth-order valence-electron chi connectivity index (χ4n) is 1.16. The van der Waals surface area contributed by atoms with Crippen LogP contribution in [0.1, 0.15) is 26.5 Å². The van der Waals surface area contributed by atoms with Gasteiger partial charge in [0.25, 0.3) is 0 Å². The summed E-state index contributed by atoms with van der Waals surface area (Å²) in [5.41, 5.74) is 1.97. The van der Waals surface area contributed by atoms with E-state index in [2.05, 4.69) is 30.9 Å². The number of aromatic nitrogens is 3. The third kappa shape index (κ3) is 1.41. The fourth-order valence-corrected chi connectivity index (χ4v) is 1.16. The van der Waals surface area contributed by atoms with Gasteiger partial charge in [0.05, 0.1) is 11.9 Å². The molecule has 0 unspecified atom stereocenters. The van der Waals surface area contributed by atoms with Gasteiger partial charge in [0.2, 0.25) is 0 Å². The van der Waals surface area contributed by atoms with Crippen LogP contribution < -0.4 is 0 Å². The summed E-state index contributed by atoms with van der Waals surface area (Å²) in [5, 5.41) is 4.46. The van der Waals surface area contributed by atoms with Crippen molar-refractivity contribution >= 4 is 5.65 Å². The molecule has 0 aliphatic heterocycles. The van der Waals surface area contributed by atoms with Crippen LogP contribution in [0.15, 0.2) is 24.5 Å². The SMILES string of the molecule is CC(C)(C)c1cnc2cccn2n1. The van der Waals surface area contributed by atoms with Crippen molar-refractivity contribution in [2.45, 2.75) is 26.2 Å². The summed E-state index contributed by atoms with van der Waals surface area (Å²) in [6.45, 7) is 6.39. The first-order valence-electron chi connectivity index (χ1n) is 4.38. The molecule has 2 aromatic heterocycles. The second kappa shape index (κ2) is 2.55. The largest absolute Gasteiger partial charge is 0.235 e. The summed E-state index contributed by atoms with van der Waals surface area (Å²) in [4.78, 5) is 4.31. The molecule has 0 aliphatic carbocycles. The van der Waals surface area contributed by atoms with E-state index in [1.807, 2.05) is 24.5 Å². The molecular formula is C10H13N3. The highest BCUT2D eigenvalue weighted by Gasteiger charge is 2.16. The Morgan fingerprint density at radius 2 is 2.08 bits per heavy atom. The molecule has 0 radical (unpaired) electrons. The summed E-state index contributed by atoms with van der Waals surface area (Å²) < 4.78 is 1.81. The molecule has 2 aromatic rings. The van der Waals surface area contributed by atoms with Crippen LogP contribution in [0.4, 0.5) is 0 Å². The molecule has 0 fully saturated rings. The minimum absolute atomic E-state index is 0.0610. The second-order valence-corrected chi connectivity index (χ2v) is 4.20. The molecule has 2 heterocycles. The zero-order valence-corrected chi connectivity index (χ0v) is 8.15. The minimum atomic E-state index is 0.0610. The van der Waals surface area contributed by atoms with Gasteiger partial charge in [-0.1, -0.05) is 20.8 Å². The van der Waals surface area contributed by atoms with Crippen molar-refractivity contribution in [1.29, 1.82) is 0 Å². The third-order valence-electron chi connectivity index (χ3n) is 2.01. The molecule has 0 bridgehead atoms. The Bertz CT molecular complexity index is 423. The summed E-state index contributed by atoms with van der Waals surface area (Å²) in [6.07, 6.45) is 3.76. The van der Waals surface area contributed by atoms with E-state index in [0.29, 0.717) is 0 Å². The van der Waals surface area contributed by atoms with Gasteiger partial charge in [-0.2, -0.15) is 5.10 Å². The molecule has 68 valence electrons. The van der Waals surface area contributed by atoms with Gasteiger partial charge >= 0.3 is 0 Å². The number of fused-ring (bicyclic) bond motifs is 1. The molecule has 2 rings (SSSR count). The molecule has 0 N–H and O–H groups in total. The van der Waals surface area contributed by atoms with Gasteiger partial charge in [-0.3, -0.25) is 0 Å². The van der Waals surface area contributed by atoms with Crippen LogP contribution in [0.3, 0.4) is 0 Å². The molecule has 0 aromatic carbocycles. The Morgan fingerprint density at radius 1 is 1.31 bits per heavy atom. The number of rotatable bonds is 0. The van der Waals surface area contributed by atoms with Crippen molar-refractivity contribution in [2.75, 3.05) is 0 Å². The standard InChI is InChI=1S/C10H13N3/c1-10(2,3)8-7-11-9-5-4-6-13(9)12-8/h4-7H,1-3H3. The number of hydrogen-bond acceptors (Lipinski definition) is 2. The van der Waals surface area contributed by atoms with Gasteiger partial charge in [0.1, 0.15) is 0 Å². The summed E-state index contributed by atoms with van der Waals surface area (Å²) in [6, 6.07) is 3.89. The van der Waals surface area contributed by atoms with Crippen molar-refractivity contribution in [2.24, 2.45) is 0 Å². The maximum Gasteiger partial charge on any atom is 0.153 e. The van der Waals surface area contributed by atoms with Crippen LogP contribution in [0.5, 0.6) is 0 Å². The highest BCUT2D eigenvalue weighted by Crippen LogP contribution is 2.18. The monoisotopic (exact) mass is 175 g/mol. The lowest BCUT2D eigenvalue weighted by atomic mass is 9.93. The zero-order chi connectivity index (χ0) is 9.47. The van der Waals surface area contributed by atoms with Crippen LogP contribution in [-0.2, 0) is 5.41 Å². The Labute approximate surface area is 77.4 Å². The fraction of sp³-hybridized carbons (Fsp3) is 0.400. The lowest BCUT2D eigenvalue weighted by Gasteiger charge is -2.16. The van der Waals surface area contributed by atoms with Crippen molar-refractivity contribution < 1.29 is 0 Å². The molecule has 13 heavy (non-hydrogen) atoms. The first-order valence-corrected chi connectivity index (χ1v) is 4.38. The van der Waals surface area contributed by atoms with Crippen molar-refractivity contribution in [3.05, 3.63) is 30.2 Å². The van der Waals surface area contributed by atoms with Gasteiger partial charge in [-0.25, -0.2) is 9.50 Å². The predicted molar refractivity (Wildman–Crippen MR) is 51.7 cm³/mol. The normalized spacial score (nSPS) is 12.2. The lowest BCUT2D eigenvalue weighted by Crippen LogP contribution is -2.15. The highest BCUT2D eigenvalue weighted by atomic mass is 15.2. The lowest BCUT2D eigenvalue weighted by molar-refractivity contribution is 0.550. The van der Waals surface area contributed by atoms with Gasteiger partial charge < -0.3 is 0 Å². The Kier molecular flexibility index (Phi) is 1.62. The average molecular weight is 175 g/mol. The van der Waals surface area contributed by atoms with Crippen LogP contribution in [0.2, 0.25) is 0 Å². The van der Waals surface area contributed by atoms with E-state index < -0.39 is 0 Å². The van der Waals surface area contributed by atoms with Gasteiger partial charge in [-0.15, -0.1) is 0 Å². The van der Waals surface area contributed by atoms with E-state index >= 15 is 0 Å². The molecular weight excluding hydrogens is 162 g/mol. The average Bonchev–Trinajstić information content (AvgIpc) is 2.47. The first kappa shape index (κ1) is 8.23. The molecule has 0 saturated heterocycles. The smallest absolute Gasteiger partial charge is 0.153 e. The van der Waals surface area contributed by atoms with E-state index in [4.69, 9.17) is 0 Å². The van der Waals surface area contributed by atoms with Crippen LogP contribution >= 0.6 is 0 Å². The molecule has 3 nitrogen and oxygen atoms in total. The number of nitrogens with zero attached hydrogens (tertiary/aromatic N) is 3. The second-order valence-electron chi connectivity index (χ2n) is 4.20. The Hall–Kier alpha value is -1.38. The molecule has 3 heteroatoms. The third-order valence-corrected chi connectivity index (χ3v) is 2.01. The van der Waals surface area contributed by atoms with E-state index in [1.165, 1.54) is 0 Å². The van der Waals surface area contributed by atoms with Gasteiger partial charge in [0.15, 0.2) is 5.65 Å². The van der Waals surface area contributed by atoms with Crippen LogP contribution in [0.25, 0.3) is 5.65 Å². The van der Waals surface area contributed by atoms with Crippen molar-refractivity contribution in [3.8, 4) is 0 Å². The minimum Gasteiger partial charge on any atom is -0.235 e. The molecule has 0 spiro atoms. The summed E-state index contributed by atoms with van der Waals surface area (Å²) >= 11 is 0. The zero-order valence-electron chi connectivity index (χ0n) is 8.15. The van der Waals surface area contributed by atoms with Crippen LogP contribution in [0, 0.1) is 0 Å². The van der Waals surface area contributed by atoms with E-state index in [9.17, 15) is 0 Å². The van der Waals surface area contributed by atoms with Gasteiger partial charge in [0, 0.05) is 11.6 Å². The maximum atomic E-state index is 4.46. The molecule has 0 atom stereocenters. The van der Waals surface area contributed by atoms with Gasteiger partial charge in [-0.05, 0) is 12.1 Å². The quantitative estimate of drug-likeness (QED) is 0.613. The number of hydrogen-bond donors (Lipinski definition) is 0. The maximum absolute atomic E-state index is 4.46. The Balaban J connectivity index is 2.61. The molecule has 0 saturated carbocycles. The van der Waals surface area contributed by atoms with Crippen molar-refractivity contribution in [3.63, 3.8) is 0 Å². The summed E-state index contributed by atoms with van der Waals surface area (Å²) in [5.74, 6) is 0. The van der Waals surface area contributed by atoms with Crippen molar-refractivity contribution in [1.82, 2.24) is 14.6 Å². The van der Waals surface area contributed by atoms with E-state index in [0.717, 1.165) is 11.3 Å². The molecule has 0 aliphatic rings. The molecule has 0 amide bonds. The summed E-state index contributed by atoms with van der Waals surface area (Å²) in [7, 11) is 0. The van der Waals surface area contributed by atoms with Crippen LogP contribution in [-0.4, -0.2) is 14.6 Å². The topological polar surface area (TPSA) is 30.2 Å². The highest BCUT2D eigenvalue weighted by molar-refractivity contribution is 5.36. The van der Waals surface area contributed by atoms with E-state index in [-0.39, 0.29) is 5.41 Å². The predicted octanol–water partition coefficient (Wildman–Crippen LogP) is 2.03. The van der Waals surface area contributed by atoms with E-state index in [1.54, 1.807) is 4.52 Å².